The first-order valence-corrected chi connectivity index (χ1v) is 7.37. The Kier molecular flexibility index (Phi) is 7.07. The predicted octanol–water partition coefficient (Wildman–Crippen LogP) is 3.00. The molecule has 1 aromatic carbocycles. The number of nitrogens with one attached hydrogen (secondary N) is 1. The maximum Gasteiger partial charge on any atom is 0.263 e. The van der Waals surface area contributed by atoms with Crippen LogP contribution in [0.1, 0.15) is 13.8 Å². The molecule has 1 aliphatic rings. The Labute approximate surface area is 141 Å². The maximum atomic E-state index is 12.4. The number of carbonyl (C=O) groups is 1. The van der Waals surface area contributed by atoms with E-state index in [1.807, 2.05) is 11.8 Å². The second-order valence-electron chi connectivity index (χ2n) is 4.92. The molecule has 7 heteroatoms. The quantitative estimate of drug-likeness (QED) is 0.908. The summed E-state index contributed by atoms with van der Waals surface area (Å²) in [6, 6.07) is 5.13. The van der Waals surface area contributed by atoms with Crippen LogP contribution < -0.4 is 10.1 Å². The van der Waals surface area contributed by atoms with Crippen molar-refractivity contribution in [2.75, 3.05) is 19.6 Å². The monoisotopic (exact) mass is 352 g/mol. The van der Waals surface area contributed by atoms with E-state index in [9.17, 15) is 4.79 Å². The topological polar surface area (TPSA) is 41.6 Å². The Morgan fingerprint density at radius 2 is 2.19 bits per heavy atom. The van der Waals surface area contributed by atoms with Crippen molar-refractivity contribution in [3.8, 4) is 5.75 Å². The van der Waals surface area contributed by atoms with E-state index in [0.29, 0.717) is 22.3 Å². The van der Waals surface area contributed by atoms with E-state index in [2.05, 4.69) is 5.32 Å². The van der Waals surface area contributed by atoms with Gasteiger partial charge in [-0.2, -0.15) is 0 Å². The Morgan fingerprint density at radius 1 is 1.48 bits per heavy atom. The zero-order valence-corrected chi connectivity index (χ0v) is 14.3. The van der Waals surface area contributed by atoms with E-state index >= 15 is 0 Å². The molecule has 2 atom stereocenters. The zero-order valence-electron chi connectivity index (χ0n) is 11.9. The lowest BCUT2D eigenvalue weighted by molar-refractivity contribution is -0.140. The summed E-state index contributed by atoms with van der Waals surface area (Å²) in [5.74, 6) is 0.449. The highest BCUT2D eigenvalue weighted by Gasteiger charge is 2.28. The Balaban J connectivity index is 0.00000220. The smallest absolute Gasteiger partial charge is 0.263 e. The third-order valence-electron chi connectivity index (χ3n) is 3.33. The molecule has 2 rings (SSSR count). The van der Waals surface area contributed by atoms with Crippen LogP contribution >= 0.6 is 35.6 Å². The lowest BCUT2D eigenvalue weighted by Gasteiger charge is -2.35. The molecular weight excluding hydrogens is 335 g/mol. The van der Waals surface area contributed by atoms with Crippen LogP contribution in [0, 0.1) is 0 Å². The minimum absolute atomic E-state index is 0. The molecule has 1 saturated heterocycles. The standard InChI is InChI=1S/C14H18Cl2N2O2.ClH/c1-9-8-17-5-6-18(9)14(19)10(2)20-13-4-3-11(15)7-12(13)16;/h3-4,7,9-10,17H,5-6,8H2,1-2H3;1H/t9-,10?;/m1./s1. The van der Waals surface area contributed by atoms with Crippen molar-refractivity contribution < 1.29 is 9.53 Å². The van der Waals surface area contributed by atoms with Crippen molar-refractivity contribution in [1.29, 1.82) is 0 Å². The molecule has 0 saturated carbocycles. The Morgan fingerprint density at radius 3 is 2.81 bits per heavy atom. The first-order valence-electron chi connectivity index (χ1n) is 6.62. The molecule has 0 bridgehead atoms. The molecule has 1 amide bonds. The molecule has 1 heterocycles. The van der Waals surface area contributed by atoms with Crippen molar-refractivity contribution in [3.05, 3.63) is 28.2 Å². The molecule has 0 aliphatic carbocycles. The third kappa shape index (κ3) is 4.65. The maximum absolute atomic E-state index is 12.4. The van der Waals surface area contributed by atoms with E-state index < -0.39 is 6.10 Å². The van der Waals surface area contributed by atoms with Gasteiger partial charge in [-0.15, -0.1) is 12.4 Å². The molecule has 1 aromatic rings. The first kappa shape index (κ1) is 18.4. The van der Waals surface area contributed by atoms with Crippen LogP contribution in [-0.4, -0.2) is 42.6 Å². The molecule has 1 fully saturated rings. The number of hydrogen-bond acceptors (Lipinski definition) is 3. The fraction of sp³-hybridized carbons (Fsp3) is 0.500. The van der Waals surface area contributed by atoms with Gasteiger partial charge in [-0.3, -0.25) is 4.79 Å². The van der Waals surface area contributed by atoms with Crippen LogP contribution in [0.5, 0.6) is 5.75 Å². The van der Waals surface area contributed by atoms with Gasteiger partial charge in [0.25, 0.3) is 5.91 Å². The van der Waals surface area contributed by atoms with E-state index in [1.165, 1.54) is 0 Å². The second-order valence-corrected chi connectivity index (χ2v) is 5.76. The van der Waals surface area contributed by atoms with Crippen LogP contribution in [0.25, 0.3) is 0 Å². The Hall–Kier alpha value is -0.680. The van der Waals surface area contributed by atoms with Crippen molar-refractivity contribution in [1.82, 2.24) is 10.2 Å². The van der Waals surface area contributed by atoms with Crippen molar-refractivity contribution >= 4 is 41.5 Å². The molecule has 0 spiro atoms. The summed E-state index contributed by atoms with van der Waals surface area (Å²) >= 11 is 11.9. The highest BCUT2D eigenvalue weighted by atomic mass is 35.5. The number of carbonyl (C=O) groups excluding carboxylic acids is 1. The summed E-state index contributed by atoms with van der Waals surface area (Å²) in [6.07, 6.45) is -0.575. The van der Waals surface area contributed by atoms with Crippen molar-refractivity contribution in [2.45, 2.75) is 26.0 Å². The van der Waals surface area contributed by atoms with Crippen molar-refractivity contribution in [3.63, 3.8) is 0 Å². The average Bonchev–Trinajstić information content (AvgIpc) is 2.41. The van der Waals surface area contributed by atoms with Crippen molar-refractivity contribution in [2.24, 2.45) is 0 Å². The van der Waals surface area contributed by atoms with Gasteiger partial charge >= 0.3 is 0 Å². The lowest BCUT2D eigenvalue weighted by Crippen LogP contribution is -2.55. The number of nitrogens with zero attached hydrogens (tertiary/aromatic N) is 1. The normalized spacial score (nSPS) is 19.6. The van der Waals surface area contributed by atoms with E-state index in [1.54, 1.807) is 25.1 Å². The SMILES string of the molecule is CC(Oc1ccc(Cl)cc1Cl)C(=O)N1CCNC[C@H]1C.Cl. The summed E-state index contributed by atoms with van der Waals surface area (Å²) in [5, 5.41) is 4.20. The van der Waals surface area contributed by atoms with Gasteiger partial charge in [0, 0.05) is 30.7 Å². The zero-order chi connectivity index (χ0) is 14.7. The van der Waals surface area contributed by atoms with Crippen LogP contribution in [0.3, 0.4) is 0 Å². The summed E-state index contributed by atoms with van der Waals surface area (Å²) in [7, 11) is 0. The van der Waals surface area contributed by atoms with Gasteiger partial charge < -0.3 is 15.0 Å². The molecule has 0 radical (unpaired) electrons. The van der Waals surface area contributed by atoms with Crippen LogP contribution in [0.4, 0.5) is 0 Å². The molecule has 4 nitrogen and oxygen atoms in total. The number of amides is 1. The fourth-order valence-electron chi connectivity index (χ4n) is 2.21. The average molecular weight is 354 g/mol. The number of halogens is 3. The minimum atomic E-state index is -0.575. The van der Waals surface area contributed by atoms with Crippen LogP contribution in [-0.2, 0) is 4.79 Å². The lowest BCUT2D eigenvalue weighted by atomic mass is 10.2. The predicted molar refractivity (Wildman–Crippen MR) is 87.8 cm³/mol. The molecule has 1 N–H and O–H groups in total. The van der Waals surface area contributed by atoms with Gasteiger partial charge in [-0.1, -0.05) is 23.2 Å². The van der Waals surface area contributed by atoms with Crippen LogP contribution in [0.2, 0.25) is 10.0 Å². The molecule has 0 aromatic heterocycles. The summed E-state index contributed by atoms with van der Waals surface area (Å²) in [6.45, 7) is 6.07. The summed E-state index contributed by atoms with van der Waals surface area (Å²) in [5.41, 5.74) is 0. The highest BCUT2D eigenvalue weighted by molar-refractivity contribution is 6.35. The van der Waals surface area contributed by atoms with Gasteiger partial charge in [0.15, 0.2) is 6.10 Å². The number of rotatable bonds is 3. The summed E-state index contributed by atoms with van der Waals surface area (Å²) < 4.78 is 5.66. The highest BCUT2D eigenvalue weighted by Crippen LogP contribution is 2.28. The largest absolute Gasteiger partial charge is 0.479 e. The second kappa shape index (κ2) is 8.08. The number of benzene rings is 1. The Bertz CT molecular complexity index is 499. The number of piperazine rings is 1. The number of hydrogen-bond donors (Lipinski definition) is 1. The fourth-order valence-corrected chi connectivity index (χ4v) is 2.67. The van der Waals surface area contributed by atoms with E-state index in [4.69, 9.17) is 27.9 Å². The van der Waals surface area contributed by atoms with Gasteiger partial charge in [-0.25, -0.2) is 0 Å². The van der Waals surface area contributed by atoms with Gasteiger partial charge in [0.2, 0.25) is 0 Å². The first-order chi connectivity index (χ1) is 9.49. The van der Waals surface area contributed by atoms with E-state index in [0.717, 1.165) is 13.1 Å². The molecule has 21 heavy (non-hydrogen) atoms. The minimum Gasteiger partial charge on any atom is -0.479 e. The van der Waals surface area contributed by atoms with Gasteiger partial charge in [0.05, 0.1) is 5.02 Å². The molecule has 1 aliphatic heterocycles. The summed E-state index contributed by atoms with van der Waals surface area (Å²) in [4.78, 5) is 14.2. The van der Waals surface area contributed by atoms with E-state index in [-0.39, 0.29) is 24.4 Å². The molecule has 118 valence electrons. The number of ether oxygens (including phenoxy) is 1. The van der Waals surface area contributed by atoms with Crippen LogP contribution in [0.15, 0.2) is 18.2 Å². The molecule has 1 unspecified atom stereocenters. The molecular formula is C14H19Cl3N2O2. The van der Waals surface area contributed by atoms with Gasteiger partial charge in [0.1, 0.15) is 5.75 Å². The van der Waals surface area contributed by atoms with Gasteiger partial charge in [-0.05, 0) is 32.0 Å². The third-order valence-corrected chi connectivity index (χ3v) is 3.86.